The average molecular weight is 238 g/mol. The van der Waals surface area contributed by atoms with Crippen LogP contribution in [0.2, 0.25) is 0 Å². The first-order valence-electron chi connectivity index (χ1n) is 5.60. The number of aliphatic hydroxyl groups is 1. The molecule has 5 nitrogen and oxygen atoms in total. The van der Waals surface area contributed by atoms with Gasteiger partial charge in [0.25, 0.3) is 5.56 Å². The molecule has 0 saturated heterocycles. The molecule has 0 aliphatic rings. The van der Waals surface area contributed by atoms with E-state index in [1.165, 1.54) is 10.6 Å². The number of rotatable bonds is 5. The van der Waals surface area contributed by atoms with Gasteiger partial charge in [-0.3, -0.25) is 9.59 Å². The van der Waals surface area contributed by atoms with E-state index in [1.54, 1.807) is 18.3 Å². The number of amides is 1. The molecule has 0 aromatic carbocycles. The topological polar surface area (TPSA) is 71.3 Å². The van der Waals surface area contributed by atoms with Crippen molar-refractivity contribution in [3.8, 4) is 0 Å². The predicted octanol–water partition coefficient (Wildman–Crippen LogP) is -0.0186. The highest BCUT2D eigenvalue weighted by atomic mass is 16.3. The van der Waals surface area contributed by atoms with E-state index in [0.29, 0.717) is 0 Å². The van der Waals surface area contributed by atoms with Crippen molar-refractivity contribution in [3.05, 3.63) is 34.7 Å². The van der Waals surface area contributed by atoms with E-state index >= 15 is 0 Å². The summed E-state index contributed by atoms with van der Waals surface area (Å²) in [5, 5.41) is 11.7. The molecule has 2 unspecified atom stereocenters. The van der Waals surface area contributed by atoms with Crippen LogP contribution in [0, 0.1) is 5.92 Å². The fourth-order valence-electron chi connectivity index (χ4n) is 1.35. The Morgan fingerprint density at radius 1 is 1.47 bits per heavy atom. The minimum atomic E-state index is -0.230. The number of nitrogens with one attached hydrogen (secondary N) is 1. The second-order valence-corrected chi connectivity index (χ2v) is 4.18. The van der Waals surface area contributed by atoms with Crippen LogP contribution in [0.25, 0.3) is 0 Å². The van der Waals surface area contributed by atoms with Gasteiger partial charge >= 0.3 is 0 Å². The molecule has 5 heteroatoms. The van der Waals surface area contributed by atoms with E-state index in [1.807, 2.05) is 13.8 Å². The van der Waals surface area contributed by atoms with Gasteiger partial charge in [0, 0.05) is 24.9 Å². The number of aromatic nitrogens is 1. The summed E-state index contributed by atoms with van der Waals surface area (Å²) < 4.78 is 1.34. The molecule has 1 rings (SSSR count). The molecule has 1 aromatic rings. The summed E-state index contributed by atoms with van der Waals surface area (Å²) in [6.07, 6.45) is 1.57. The second kappa shape index (κ2) is 6.20. The lowest BCUT2D eigenvalue weighted by atomic mass is 10.1. The number of carbonyl (C=O) groups is 1. The predicted molar refractivity (Wildman–Crippen MR) is 64.6 cm³/mol. The third kappa shape index (κ3) is 4.03. The van der Waals surface area contributed by atoms with E-state index in [4.69, 9.17) is 5.11 Å². The van der Waals surface area contributed by atoms with Gasteiger partial charge in [-0.2, -0.15) is 0 Å². The zero-order valence-corrected chi connectivity index (χ0v) is 10.1. The summed E-state index contributed by atoms with van der Waals surface area (Å²) in [6.45, 7) is 3.70. The smallest absolute Gasteiger partial charge is 0.250 e. The summed E-state index contributed by atoms with van der Waals surface area (Å²) >= 11 is 0. The highest BCUT2D eigenvalue weighted by Crippen LogP contribution is 2.00. The van der Waals surface area contributed by atoms with Crippen LogP contribution in [0.4, 0.5) is 0 Å². The number of carbonyl (C=O) groups excluding carboxylic acids is 1. The van der Waals surface area contributed by atoms with Gasteiger partial charge in [-0.05, 0) is 18.9 Å². The number of hydrogen-bond donors (Lipinski definition) is 2. The molecule has 2 N–H and O–H groups in total. The number of hydrogen-bond acceptors (Lipinski definition) is 3. The monoisotopic (exact) mass is 238 g/mol. The van der Waals surface area contributed by atoms with Crippen molar-refractivity contribution >= 4 is 5.91 Å². The minimum absolute atomic E-state index is 0.00214. The van der Waals surface area contributed by atoms with Gasteiger partial charge in [-0.25, -0.2) is 0 Å². The molecule has 1 heterocycles. The maximum atomic E-state index is 11.6. The van der Waals surface area contributed by atoms with Crippen LogP contribution in [-0.2, 0) is 11.3 Å². The van der Waals surface area contributed by atoms with Crippen molar-refractivity contribution in [1.82, 2.24) is 9.88 Å². The van der Waals surface area contributed by atoms with Crippen molar-refractivity contribution in [3.63, 3.8) is 0 Å². The van der Waals surface area contributed by atoms with E-state index in [-0.39, 0.29) is 36.6 Å². The van der Waals surface area contributed by atoms with Gasteiger partial charge in [0.2, 0.25) is 5.91 Å². The first kappa shape index (κ1) is 13.4. The van der Waals surface area contributed by atoms with Gasteiger partial charge in [0.05, 0.1) is 0 Å². The minimum Gasteiger partial charge on any atom is -0.396 e. The van der Waals surface area contributed by atoms with Gasteiger partial charge in [0.1, 0.15) is 6.54 Å². The summed E-state index contributed by atoms with van der Waals surface area (Å²) in [7, 11) is 0. The highest BCUT2D eigenvalue weighted by Gasteiger charge is 2.14. The molecule has 2 atom stereocenters. The Kier molecular flexibility index (Phi) is 4.90. The summed E-state index contributed by atoms with van der Waals surface area (Å²) in [4.78, 5) is 23.0. The lowest BCUT2D eigenvalue weighted by Gasteiger charge is -2.19. The lowest BCUT2D eigenvalue weighted by Crippen LogP contribution is -2.41. The molecule has 1 amide bonds. The number of nitrogens with zero attached hydrogens (tertiary/aromatic N) is 1. The van der Waals surface area contributed by atoms with Gasteiger partial charge in [0.15, 0.2) is 0 Å². The normalized spacial score (nSPS) is 14.1. The molecule has 0 radical (unpaired) electrons. The maximum Gasteiger partial charge on any atom is 0.250 e. The standard InChI is InChI=1S/C12H18N2O3/c1-9(8-15)10(2)13-11(16)7-14-6-4-3-5-12(14)17/h3-6,9-10,15H,7-8H2,1-2H3,(H,13,16). The van der Waals surface area contributed by atoms with Crippen LogP contribution in [0.15, 0.2) is 29.2 Å². The van der Waals surface area contributed by atoms with Gasteiger partial charge in [-0.15, -0.1) is 0 Å². The third-order valence-corrected chi connectivity index (χ3v) is 2.74. The van der Waals surface area contributed by atoms with E-state index < -0.39 is 0 Å². The van der Waals surface area contributed by atoms with Crippen molar-refractivity contribution in [2.45, 2.75) is 26.4 Å². The first-order chi connectivity index (χ1) is 8.04. The van der Waals surface area contributed by atoms with E-state index in [2.05, 4.69) is 5.32 Å². The third-order valence-electron chi connectivity index (χ3n) is 2.74. The molecule has 17 heavy (non-hydrogen) atoms. The lowest BCUT2D eigenvalue weighted by molar-refractivity contribution is -0.122. The molecule has 0 aliphatic carbocycles. The summed E-state index contributed by atoms with van der Waals surface area (Å²) in [5.74, 6) is -0.238. The Morgan fingerprint density at radius 3 is 2.76 bits per heavy atom. The van der Waals surface area contributed by atoms with E-state index in [9.17, 15) is 9.59 Å². The van der Waals surface area contributed by atoms with Crippen molar-refractivity contribution < 1.29 is 9.90 Å². The Balaban J connectivity index is 2.56. The fourth-order valence-corrected chi connectivity index (χ4v) is 1.35. The Labute approximate surface area is 100 Å². The molecule has 0 saturated carbocycles. The molecule has 1 aromatic heterocycles. The van der Waals surface area contributed by atoms with Crippen LogP contribution in [0.1, 0.15) is 13.8 Å². The Hall–Kier alpha value is -1.62. The van der Waals surface area contributed by atoms with Crippen LogP contribution >= 0.6 is 0 Å². The Morgan fingerprint density at radius 2 is 2.18 bits per heavy atom. The summed E-state index contributed by atoms with van der Waals surface area (Å²) in [6, 6.07) is 4.63. The molecule has 0 bridgehead atoms. The van der Waals surface area contributed by atoms with Gasteiger partial charge < -0.3 is 15.0 Å². The summed E-state index contributed by atoms with van der Waals surface area (Å²) in [5.41, 5.74) is -0.203. The second-order valence-electron chi connectivity index (χ2n) is 4.18. The van der Waals surface area contributed by atoms with Gasteiger partial charge in [-0.1, -0.05) is 13.0 Å². The zero-order valence-electron chi connectivity index (χ0n) is 10.1. The van der Waals surface area contributed by atoms with Crippen LogP contribution < -0.4 is 10.9 Å². The van der Waals surface area contributed by atoms with Crippen LogP contribution in [0.5, 0.6) is 0 Å². The molecule has 94 valence electrons. The van der Waals surface area contributed by atoms with Crippen molar-refractivity contribution in [2.75, 3.05) is 6.61 Å². The molecule has 0 aliphatic heterocycles. The highest BCUT2D eigenvalue weighted by molar-refractivity contribution is 5.76. The quantitative estimate of drug-likeness (QED) is 0.757. The number of aliphatic hydroxyl groups excluding tert-OH is 1. The van der Waals surface area contributed by atoms with Crippen molar-refractivity contribution in [1.29, 1.82) is 0 Å². The maximum absolute atomic E-state index is 11.6. The number of pyridine rings is 1. The van der Waals surface area contributed by atoms with Crippen molar-refractivity contribution in [2.24, 2.45) is 5.92 Å². The SMILES string of the molecule is CC(CO)C(C)NC(=O)Cn1ccccc1=O. The Bertz CT molecular complexity index is 428. The molecule has 0 spiro atoms. The van der Waals surface area contributed by atoms with E-state index in [0.717, 1.165) is 0 Å². The van der Waals surface area contributed by atoms with Crippen LogP contribution in [0.3, 0.4) is 0 Å². The molecular weight excluding hydrogens is 220 g/mol. The fraction of sp³-hybridized carbons (Fsp3) is 0.500. The molecular formula is C12H18N2O3. The average Bonchev–Trinajstić information content (AvgIpc) is 2.31. The molecule has 0 fully saturated rings. The largest absolute Gasteiger partial charge is 0.396 e. The first-order valence-corrected chi connectivity index (χ1v) is 5.60. The zero-order chi connectivity index (χ0) is 12.8. The van der Waals surface area contributed by atoms with Crippen LogP contribution in [-0.4, -0.2) is 28.2 Å².